The molecule has 0 radical (unpaired) electrons. The van der Waals surface area contributed by atoms with Gasteiger partial charge in [0.1, 0.15) is 42.3 Å². The summed E-state index contributed by atoms with van der Waals surface area (Å²) in [5.74, 6) is -8.87. The van der Waals surface area contributed by atoms with E-state index in [0.29, 0.717) is 11.1 Å². The maximum absolute atomic E-state index is 14.7. The molecule has 3 aromatic rings. The lowest BCUT2D eigenvalue weighted by Gasteiger charge is -2.28. The molecule has 2 aromatic carbocycles. The van der Waals surface area contributed by atoms with Crippen molar-refractivity contribution in [2.45, 2.75) is 126 Å². The topological polar surface area (TPSA) is 464 Å². The number of benzene rings is 2. The van der Waals surface area contributed by atoms with Crippen LogP contribution in [-0.2, 0) is 60.8 Å². The van der Waals surface area contributed by atoms with Gasteiger partial charge in [-0.1, -0.05) is 41.9 Å². The number of aromatic amines is 1. The number of fused-ring (bicyclic) bond motifs is 1. The van der Waals surface area contributed by atoms with Crippen molar-refractivity contribution < 1.29 is 47.9 Å². The normalized spacial score (nSPS) is 20.8. The number of nitrogens with two attached hydrogens (primary N) is 6. The lowest BCUT2D eigenvalue weighted by molar-refractivity contribution is -0.136. The van der Waals surface area contributed by atoms with Crippen molar-refractivity contribution in [3.63, 3.8) is 0 Å². The minimum absolute atomic E-state index is 0.00697. The highest BCUT2D eigenvalue weighted by Gasteiger charge is 2.35. The molecule has 2 heterocycles. The van der Waals surface area contributed by atoms with E-state index in [-0.39, 0.29) is 94.4 Å². The molecule has 10 amide bonds. The summed E-state index contributed by atoms with van der Waals surface area (Å²) in [7, 11) is 0. The van der Waals surface area contributed by atoms with Crippen molar-refractivity contribution in [1.29, 1.82) is 0 Å². The summed E-state index contributed by atoms with van der Waals surface area (Å²) in [6, 6.07) is 3.49. The molecule has 0 bridgehead atoms. The molecule has 0 saturated carbocycles. The Hall–Kier alpha value is -8.49. The number of carbonyl (C=O) groups is 10. The van der Waals surface area contributed by atoms with Crippen molar-refractivity contribution in [2.24, 2.45) is 44.4 Å². The van der Waals surface area contributed by atoms with Crippen molar-refractivity contribution in [1.82, 2.24) is 47.5 Å². The molecule has 1 aromatic heterocycles. The van der Waals surface area contributed by atoms with Gasteiger partial charge in [-0.05, 0) is 80.7 Å². The van der Waals surface area contributed by atoms with Crippen molar-refractivity contribution in [3.8, 4) is 0 Å². The maximum Gasteiger partial charge on any atom is 0.243 e. The number of hydrogen-bond acceptors (Lipinski definition) is 12. The van der Waals surface area contributed by atoms with Gasteiger partial charge >= 0.3 is 0 Å². The third-order valence-corrected chi connectivity index (χ3v) is 12.4. The molecule has 1 aliphatic rings. The predicted octanol–water partition coefficient (Wildman–Crippen LogP) is -3.43. The van der Waals surface area contributed by atoms with E-state index in [2.05, 4.69) is 57.5 Å². The molecule has 1 aliphatic heterocycles. The van der Waals surface area contributed by atoms with Crippen LogP contribution in [0.15, 0.2) is 64.7 Å². The van der Waals surface area contributed by atoms with Gasteiger partial charge in [0.2, 0.25) is 59.1 Å². The molecule has 0 spiro atoms. The number of rotatable bonds is 19. The van der Waals surface area contributed by atoms with Crippen LogP contribution in [-0.4, -0.2) is 138 Å². The van der Waals surface area contributed by atoms with Gasteiger partial charge in [-0.3, -0.25) is 57.9 Å². The summed E-state index contributed by atoms with van der Waals surface area (Å²) in [6.45, 7) is 1.23. The van der Waals surface area contributed by atoms with Crippen LogP contribution in [0, 0.1) is 0 Å². The van der Waals surface area contributed by atoms with Gasteiger partial charge in [0.05, 0.1) is 0 Å². The maximum atomic E-state index is 14.7. The molecule has 27 nitrogen and oxygen atoms in total. The monoisotopic (exact) mass is 1090 g/mol. The molecule has 7 atom stereocenters. The SMILES string of the molecule is CC(=O)N[C@@H](CCCN=C(N)N)C(=O)N[C@H]1CCC(=O)NCCCC(C(N)=O)NC(=O)[C@H](Cc2c[nH]c3ccccc23)NC(=O)[C@H](CCCN=C(N)N)NC(=O)[C@@H](Cc2cccc(Cl)c2)NC(=O)[C@H](CCC(N)=O)NC1=O. The summed E-state index contributed by atoms with van der Waals surface area (Å²) in [4.78, 5) is 148. The number of para-hydroxylation sites is 1. The quantitative estimate of drug-likeness (QED) is 0.0316. The van der Waals surface area contributed by atoms with E-state index < -0.39 is 121 Å². The van der Waals surface area contributed by atoms with Crippen LogP contribution < -0.4 is 76.9 Å². The Morgan fingerprint density at radius 1 is 0.714 bits per heavy atom. The van der Waals surface area contributed by atoms with E-state index in [4.69, 9.17) is 46.0 Å². The van der Waals surface area contributed by atoms with E-state index in [0.717, 1.165) is 10.9 Å². The van der Waals surface area contributed by atoms with Crippen LogP contribution in [0.25, 0.3) is 10.9 Å². The number of primary amides is 2. The zero-order valence-electron chi connectivity index (χ0n) is 42.7. The fraction of sp³-hybridized carbons (Fsp3) is 0.469. The lowest BCUT2D eigenvalue weighted by atomic mass is 10.0. The van der Waals surface area contributed by atoms with Crippen LogP contribution in [0.2, 0.25) is 5.02 Å². The van der Waals surface area contributed by atoms with Crippen molar-refractivity contribution in [3.05, 3.63) is 70.9 Å². The Kier molecular flexibility index (Phi) is 24.4. The van der Waals surface area contributed by atoms with Crippen LogP contribution in [0.1, 0.15) is 82.3 Å². The number of halogens is 1. The zero-order chi connectivity index (χ0) is 56.6. The fourth-order valence-corrected chi connectivity index (χ4v) is 8.48. The minimum Gasteiger partial charge on any atom is -0.370 e. The summed E-state index contributed by atoms with van der Waals surface area (Å²) >= 11 is 6.33. The van der Waals surface area contributed by atoms with E-state index in [1.54, 1.807) is 30.5 Å². The van der Waals surface area contributed by atoms with Gasteiger partial charge in [-0.2, -0.15) is 0 Å². The third-order valence-electron chi connectivity index (χ3n) is 12.2. The Balaban J connectivity index is 1.80. The highest BCUT2D eigenvalue weighted by molar-refractivity contribution is 6.30. The Labute approximate surface area is 448 Å². The van der Waals surface area contributed by atoms with E-state index in [9.17, 15) is 47.9 Å². The highest BCUT2D eigenvalue weighted by Crippen LogP contribution is 2.20. The average molecular weight is 1090 g/mol. The number of aromatic nitrogens is 1. The van der Waals surface area contributed by atoms with Crippen LogP contribution in [0.4, 0.5) is 0 Å². The smallest absolute Gasteiger partial charge is 0.243 e. The number of amides is 10. The molecular formula is C49H70ClN17O10. The molecule has 418 valence electrons. The van der Waals surface area contributed by atoms with Gasteiger partial charge in [0.25, 0.3) is 0 Å². The number of carbonyl (C=O) groups excluding carboxylic acids is 10. The summed E-state index contributed by atoms with van der Waals surface area (Å²) in [5.41, 5.74) is 35.0. The van der Waals surface area contributed by atoms with Crippen molar-refractivity contribution in [2.75, 3.05) is 19.6 Å². The van der Waals surface area contributed by atoms with Crippen LogP contribution >= 0.6 is 11.6 Å². The Bertz CT molecular complexity index is 2650. The van der Waals surface area contributed by atoms with Gasteiger partial charge in [0.15, 0.2) is 11.9 Å². The third kappa shape index (κ3) is 21.3. The standard InChI is InChI=1S/C49H70ClN17O10/c1-26(68)61-33(13-6-20-58-48(53)54)42(72)65-36-16-18-40(70)57-19-5-12-32(41(52)71)62-47(77)38(24-28-25-60-31-11-3-2-10-30(28)31)67-43(73)34(14-7-21-59-49(55)56)63-46(76)37(23-27-8-4-9-29(50)22-27)66-45(75)35(64-44(36)74)15-17-39(51)69/h2-4,8-11,22,25,32-38,60H,5-7,12-21,23-24H2,1H3,(H2,51,69)(H2,52,71)(H,57,70)(H,61,68)(H,62,77)(H,63,76)(H,64,74)(H,65,72)(H,66,75)(H,67,73)(H4,53,54,58)(H4,55,56,59)/t32?,33-,34-,35-,36-,37+,38-/m0/s1. The van der Waals surface area contributed by atoms with E-state index in [1.165, 1.54) is 13.0 Å². The minimum atomic E-state index is -1.62. The zero-order valence-corrected chi connectivity index (χ0v) is 43.4. The average Bonchev–Trinajstić information content (AvgIpc) is 3.78. The summed E-state index contributed by atoms with van der Waals surface area (Å²) in [5, 5.41) is 22.0. The largest absolute Gasteiger partial charge is 0.370 e. The number of nitrogens with one attached hydrogen (secondary N) is 9. The van der Waals surface area contributed by atoms with Crippen LogP contribution in [0.5, 0.6) is 0 Å². The highest BCUT2D eigenvalue weighted by atomic mass is 35.5. The van der Waals surface area contributed by atoms with E-state index >= 15 is 0 Å². The first-order valence-corrected chi connectivity index (χ1v) is 25.3. The summed E-state index contributed by atoms with van der Waals surface area (Å²) in [6.07, 6.45) is -0.110. The van der Waals surface area contributed by atoms with Gasteiger partial charge in [0, 0.05) is 74.4 Å². The molecule has 4 rings (SSSR count). The summed E-state index contributed by atoms with van der Waals surface area (Å²) < 4.78 is 0. The molecular weight excluding hydrogens is 1020 g/mol. The second-order valence-electron chi connectivity index (χ2n) is 18.4. The molecule has 0 aliphatic carbocycles. The molecule has 28 heteroatoms. The van der Waals surface area contributed by atoms with Crippen molar-refractivity contribution >= 4 is 93.5 Å². The fourth-order valence-electron chi connectivity index (χ4n) is 8.27. The molecule has 21 N–H and O–H groups in total. The molecule has 1 fully saturated rings. The number of H-pyrrole nitrogens is 1. The number of hydrogen-bond donors (Lipinski definition) is 15. The number of guanidine groups is 2. The van der Waals surface area contributed by atoms with Gasteiger partial charge < -0.3 is 81.9 Å². The number of aliphatic imine (C=N–C) groups is 2. The van der Waals surface area contributed by atoms with Gasteiger partial charge in [-0.15, -0.1) is 0 Å². The van der Waals surface area contributed by atoms with Crippen LogP contribution in [0.3, 0.4) is 0 Å². The number of nitrogens with zero attached hydrogens (tertiary/aromatic N) is 2. The second-order valence-corrected chi connectivity index (χ2v) is 18.8. The first-order valence-electron chi connectivity index (χ1n) is 24.9. The molecule has 77 heavy (non-hydrogen) atoms. The lowest BCUT2D eigenvalue weighted by Crippen LogP contribution is -2.60. The van der Waals surface area contributed by atoms with Gasteiger partial charge in [-0.25, -0.2) is 0 Å². The Morgan fingerprint density at radius 3 is 1.97 bits per heavy atom. The Morgan fingerprint density at radius 2 is 1.32 bits per heavy atom. The second kappa shape index (κ2) is 30.8. The molecule has 1 unspecified atom stereocenters. The van der Waals surface area contributed by atoms with E-state index in [1.807, 2.05) is 18.2 Å². The molecule has 1 saturated heterocycles. The predicted molar refractivity (Wildman–Crippen MR) is 285 cm³/mol. The first-order chi connectivity index (χ1) is 36.6. The first kappa shape index (κ1) is 61.1.